The van der Waals surface area contributed by atoms with Gasteiger partial charge in [0.2, 0.25) is 5.91 Å². The molecular weight excluding hydrogens is 462 g/mol. The van der Waals surface area contributed by atoms with Gasteiger partial charge in [-0.25, -0.2) is 8.78 Å². The summed E-state index contributed by atoms with van der Waals surface area (Å²) in [6.07, 6.45) is 4.53. The fourth-order valence-corrected chi connectivity index (χ4v) is 4.98. The predicted octanol–water partition coefficient (Wildman–Crippen LogP) is 5.16. The minimum Gasteiger partial charge on any atom is -0.362 e. The van der Waals surface area contributed by atoms with Crippen molar-refractivity contribution in [3.8, 4) is 0 Å². The van der Waals surface area contributed by atoms with Crippen molar-refractivity contribution >= 4 is 17.5 Å². The first-order valence-corrected chi connectivity index (χ1v) is 12.4. The van der Waals surface area contributed by atoms with Gasteiger partial charge in [0, 0.05) is 37.8 Å². The number of halogens is 2. The molecule has 0 spiro atoms. The van der Waals surface area contributed by atoms with Crippen molar-refractivity contribution in [1.82, 2.24) is 15.5 Å². The average molecular weight is 497 g/mol. The van der Waals surface area contributed by atoms with Gasteiger partial charge in [-0.3, -0.25) is 14.9 Å². The highest BCUT2D eigenvalue weighted by Gasteiger charge is 2.65. The Balaban J connectivity index is 1.55. The summed E-state index contributed by atoms with van der Waals surface area (Å²) in [7, 11) is 3.60. The van der Waals surface area contributed by atoms with Gasteiger partial charge in [-0.05, 0) is 67.3 Å². The third-order valence-corrected chi connectivity index (χ3v) is 7.43. The van der Waals surface area contributed by atoms with E-state index in [0.717, 1.165) is 16.7 Å². The van der Waals surface area contributed by atoms with Gasteiger partial charge in [-0.2, -0.15) is 0 Å². The van der Waals surface area contributed by atoms with Crippen LogP contribution in [0.2, 0.25) is 0 Å². The van der Waals surface area contributed by atoms with Gasteiger partial charge in [-0.1, -0.05) is 37.3 Å². The van der Waals surface area contributed by atoms with Crippen molar-refractivity contribution in [3.63, 3.8) is 0 Å². The van der Waals surface area contributed by atoms with Gasteiger partial charge < -0.3 is 15.5 Å². The fourth-order valence-electron chi connectivity index (χ4n) is 4.98. The molecule has 0 bridgehead atoms. The Bertz CT molecular complexity index is 1180. The molecule has 2 atom stereocenters. The molecule has 1 saturated carbocycles. The van der Waals surface area contributed by atoms with E-state index in [4.69, 9.17) is 0 Å². The molecule has 2 aliphatic rings. The lowest BCUT2D eigenvalue weighted by Gasteiger charge is -2.32. The molecule has 1 aliphatic carbocycles. The number of benzene rings is 2. The second kappa shape index (κ2) is 10.0. The van der Waals surface area contributed by atoms with Crippen molar-refractivity contribution in [2.75, 3.05) is 19.4 Å². The molecule has 1 fully saturated rings. The summed E-state index contributed by atoms with van der Waals surface area (Å²) >= 11 is 0. The van der Waals surface area contributed by atoms with Crippen LogP contribution in [0.15, 0.2) is 54.7 Å². The van der Waals surface area contributed by atoms with Gasteiger partial charge in [0.1, 0.15) is 11.6 Å². The highest BCUT2D eigenvalue weighted by molar-refractivity contribution is 5.98. The maximum Gasteiger partial charge on any atom is 0.262 e. The second-order valence-electron chi connectivity index (χ2n) is 9.72. The Hall–Kier alpha value is -3.26. The standard InChI is InChI=1S/C28H34F2N4O2/c1-5-28(29,30)27(14-15-27)26(36)33-20-10-6-9-19(17-20)18(2)32-24-22-11-7-12-23(25(35)31-3)21(22)13-8-16-34(24)4/h6-12,16-18,24,32H,5,13-15H2,1-4H3,(H,31,35)(H,33,36). The van der Waals surface area contributed by atoms with Crippen LogP contribution in [-0.4, -0.2) is 36.7 Å². The first-order chi connectivity index (χ1) is 17.1. The van der Waals surface area contributed by atoms with Crippen molar-refractivity contribution in [2.24, 2.45) is 5.41 Å². The van der Waals surface area contributed by atoms with Gasteiger partial charge in [0.25, 0.3) is 11.8 Å². The quantitative estimate of drug-likeness (QED) is 0.472. The molecule has 36 heavy (non-hydrogen) atoms. The molecule has 1 aliphatic heterocycles. The number of anilines is 1. The molecule has 1 heterocycles. The lowest BCUT2D eigenvalue weighted by molar-refractivity contribution is -0.139. The molecule has 0 radical (unpaired) electrons. The smallest absolute Gasteiger partial charge is 0.262 e. The number of hydrogen-bond donors (Lipinski definition) is 3. The van der Waals surface area contributed by atoms with Gasteiger partial charge in [0.15, 0.2) is 0 Å². The summed E-state index contributed by atoms with van der Waals surface area (Å²) in [5, 5.41) is 9.08. The van der Waals surface area contributed by atoms with E-state index in [0.29, 0.717) is 17.7 Å². The van der Waals surface area contributed by atoms with Gasteiger partial charge in [0.05, 0.1) is 0 Å². The number of allylic oxidation sites excluding steroid dienone is 1. The van der Waals surface area contributed by atoms with Crippen LogP contribution in [0.1, 0.15) is 72.4 Å². The van der Waals surface area contributed by atoms with Crippen LogP contribution in [0, 0.1) is 5.41 Å². The summed E-state index contributed by atoms with van der Waals surface area (Å²) in [5.74, 6) is -3.75. The van der Waals surface area contributed by atoms with E-state index < -0.39 is 17.2 Å². The summed E-state index contributed by atoms with van der Waals surface area (Å²) < 4.78 is 28.8. The third-order valence-electron chi connectivity index (χ3n) is 7.43. The number of rotatable bonds is 8. The fraction of sp³-hybridized carbons (Fsp3) is 0.429. The number of hydrogen-bond acceptors (Lipinski definition) is 4. The van der Waals surface area contributed by atoms with E-state index in [-0.39, 0.29) is 37.4 Å². The first kappa shape index (κ1) is 25.8. The van der Waals surface area contributed by atoms with Crippen molar-refractivity contribution in [1.29, 1.82) is 0 Å². The third kappa shape index (κ3) is 4.74. The molecule has 192 valence electrons. The Labute approximate surface area is 211 Å². The molecule has 2 aromatic rings. The van der Waals surface area contributed by atoms with E-state index in [1.54, 1.807) is 13.1 Å². The van der Waals surface area contributed by atoms with E-state index in [9.17, 15) is 18.4 Å². The molecule has 2 amide bonds. The molecule has 3 N–H and O–H groups in total. The van der Waals surface area contributed by atoms with E-state index in [1.165, 1.54) is 6.92 Å². The van der Waals surface area contributed by atoms with E-state index >= 15 is 0 Å². The number of amides is 2. The van der Waals surface area contributed by atoms with Crippen molar-refractivity contribution in [3.05, 3.63) is 77.0 Å². The summed E-state index contributed by atoms with van der Waals surface area (Å²) in [6, 6.07) is 12.9. The molecule has 2 aromatic carbocycles. The van der Waals surface area contributed by atoms with Gasteiger partial charge in [-0.15, -0.1) is 0 Å². The number of nitrogens with one attached hydrogen (secondary N) is 3. The zero-order valence-corrected chi connectivity index (χ0v) is 21.2. The topological polar surface area (TPSA) is 73.5 Å². The van der Waals surface area contributed by atoms with E-state index in [1.807, 2.05) is 62.6 Å². The lowest BCUT2D eigenvalue weighted by atomic mass is 9.94. The SMILES string of the molecule is CCC(F)(F)C1(C(=O)Nc2cccc(C(C)NC3c4cccc(C(=O)NC)c4CC=CN3C)c2)CC1. The Morgan fingerprint density at radius 3 is 2.58 bits per heavy atom. The minimum atomic E-state index is -3.01. The highest BCUT2D eigenvalue weighted by Crippen LogP contribution is 2.58. The maximum atomic E-state index is 14.4. The number of alkyl halides is 2. The van der Waals surface area contributed by atoms with Crippen LogP contribution >= 0.6 is 0 Å². The molecule has 8 heteroatoms. The molecular formula is C28H34F2N4O2. The number of nitrogens with zero attached hydrogens (tertiary/aromatic N) is 1. The van der Waals surface area contributed by atoms with Crippen LogP contribution < -0.4 is 16.0 Å². The molecule has 4 rings (SSSR count). The molecule has 0 aromatic heterocycles. The summed E-state index contributed by atoms with van der Waals surface area (Å²) in [4.78, 5) is 27.3. The Morgan fingerprint density at radius 1 is 1.19 bits per heavy atom. The first-order valence-electron chi connectivity index (χ1n) is 12.4. The van der Waals surface area contributed by atoms with Crippen LogP contribution in [0.5, 0.6) is 0 Å². The number of fused-ring (bicyclic) bond motifs is 1. The monoisotopic (exact) mass is 496 g/mol. The average Bonchev–Trinajstić information content (AvgIpc) is 3.71. The maximum absolute atomic E-state index is 14.4. The van der Waals surface area contributed by atoms with Crippen molar-refractivity contribution in [2.45, 2.75) is 57.7 Å². The molecule has 2 unspecified atom stereocenters. The Kier molecular flexibility index (Phi) is 7.18. The van der Waals surface area contributed by atoms with Crippen LogP contribution in [0.25, 0.3) is 0 Å². The van der Waals surface area contributed by atoms with Crippen molar-refractivity contribution < 1.29 is 18.4 Å². The van der Waals surface area contributed by atoms with E-state index in [2.05, 4.69) is 20.9 Å². The normalized spacial score (nSPS) is 19.2. The highest BCUT2D eigenvalue weighted by atomic mass is 19.3. The van der Waals surface area contributed by atoms with Crippen LogP contribution in [0.4, 0.5) is 14.5 Å². The van der Waals surface area contributed by atoms with Crippen LogP contribution in [-0.2, 0) is 11.2 Å². The van der Waals surface area contributed by atoms with Gasteiger partial charge >= 0.3 is 0 Å². The lowest BCUT2D eigenvalue weighted by Crippen LogP contribution is -2.39. The zero-order valence-electron chi connectivity index (χ0n) is 21.2. The Morgan fingerprint density at radius 2 is 1.92 bits per heavy atom. The zero-order chi connectivity index (χ0) is 26.1. The predicted molar refractivity (Wildman–Crippen MR) is 137 cm³/mol. The largest absolute Gasteiger partial charge is 0.362 e. The molecule has 0 saturated heterocycles. The molecule has 6 nitrogen and oxygen atoms in total. The minimum absolute atomic E-state index is 0.123. The second-order valence-corrected chi connectivity index (χ2v) is 9.72. The summed E-state index contributed by atoms with van der Waals surface area (Å²) in [5.41, 5.74) is 2.44. The number of carbonyl (C=O) groups is 2. The summed E-state index contributed by atoms with van der Waals surface area (Å²) in [6.45, 7) is 3.43. The van der Waals surface area contributed by atoms with Crippen LogP contribution in [0.3, 0.4) is 0 Å². The number of carbonyl (C=O) groups excluding carboxylic acids is 2.